The van der Waals surface area contributed by atoms with Gasteiger partial charge in [-0.15, -0.1) is 0 Å². The minimum Gasteiger partial charge on any atom is -0.454 e. The largest absolute Gasteiger partial charge is 0.454 e. The number of ether oxygens (including phenoxy) is 2. The molecule has 1 aliphatic heterocycles. The summed E-state index contributed by atoms with van der Waals surface area (Å²) in [4.78, 5) is 14.2. The molecule has 0 aliphatic carbocycles. The molecule has 13 heavy (non-hydrogen) atoms. The summed E-state index contributed by atoms with van der Waals surface area (Å²) in [5.74, 6) is -0.310. The van der Waals surface area contributed by atoms with Crippen LogP contribution in [0.4, 0.5) is 0 Å². The van der Waals surface area contributed by atoms with E-state index >= 15 is 0 Å². The van der Waals surface area contributed by atoms with Gasteiger partial charge in [0.05, 0.1) is 23.4 Å². The molecule has 2 rings (SSSR count). The highest BCUT2D eigenvalue weighted by molar-refractivity contribution is 9.10. The number of nitrogens with one attached hydrogen (secondary N) is 1. The fourth-order valence-electron chi connectivity index (χ4n) is 0.986. The van der Waals surface area contributed by atoms with E-state index in [0.29, 0.717) is 18.8 Å². The molecule has 1 saturated heterocycles. The van der Waals surface area contributed by atoms with Crippen molar-refractivity contribution >= 4 is 21.9 Å². The summed E-state index contributed by atoms with van der Waals surface area (Å²) in [5.41, 5.74) is 0.527. The molecule has 70 valence electrons. The summed E-state index contributed by atoms with van der Waals surface area (Å²) in [5, 5.41) is 0. The number of esters is 1. The minimum atomic E-state index is -0.310. The van der Waals surface area contributed by atoms with Gasteiger partial charge in [-0.25, -0.2) is 4.79 Å². The van der Waals surface area contributed by atoms with Crippen molar-refractivity contribution in [1.82, 2.24) is 4.98 Å². The number of hydrogen-bond acceptors (Lipinski definition) is 3. The molecule has 5 heteroatoms. The van der Waals surface area contributed by atoms with Gasteiger partial charge in [0, 0.05) is 6.20 Å². The van der Waals surface area contributed by atoms with Crippen molar-refractivity contribution in [3.63, 3.8) is 0 Å². The van der Waals surface area contributed by atoms with Gasteiger partial charge in [0.2, 0.25) is 0 Å². The van der Waals surface area contributed by atoms with Gasteiger partial charge < -0.3 is 14.5 Å². The van der Waals surface area contributed by atoms with Gasteiger partial charge in [-0.1, -0.05) is 0 Å². The van der Waals surface area contributed by atoms with Gasteiger partial charge in [0.25, 0.3) is 0 Å². The number of carbonyl (C=O) groups is 1. The first-order valence-electron chi connectivity index (χ1n) is 3.88. The summed E-state index contributed by atoms with van der Waals surface area (Å²) in [6, 6.07) is 1.68. The van der Waals surface area contributed by atoms with Crippen LogP contribution < -0.4 is 0 Å². The molecule has 2 heterocycles. The van der Waals surface area contributed by atoms with Crippen molar-refractivity contribution in [3.05, 3.63) is 22.4 Å². The molecule has 4 nitrogen and oxygen atoms in total. The number of H-pyrrole nitrogens is 1. The van der Waals surface area contributed by atoms with Gasteiger partial charge in [-0.3, -0.25) is 0 Å². The Morgan fingerprint density at radius 1 is 1.69 bits per heavy atom. The van der Waals surface area contributed by atoms with Crippen LogP contribution in [0.5, 0.6) is 0 Å². The van der Waals surface area contributed by atoms with E-state index in [-0.39, 0.29) is 12.1 Å². The Hall–Kier alpha value is -0.810. The number of halogens is 1. The lowest BCUT2D eigenvalue weighted by molar-refractivity contribution is -0.103. The van der Waals surface area contributed by atoms with E-state index in [4.69, 9.17) is 9.47 Å². The third-order valence-corrected chi connectivity index (χ3v) is 2.22. The monoisotopic (exact) mass is 245 g/mol. The molecule has 1 N–H and O–H groups in total. The average molecular weight is 246 g/mol. The normalized spacial score (nSPS) is 16.7. The quantitative estimate of drug-likeness (QED) is 0.801. The Bertz CT molecular complexity index is 319. The van der Waals surface area contributed by atoms with Gasteiger partial charge >= 0.3 is 5.97 Å². The van der Waals surface area contributed by atoms with Crippen molar-refractivity contribution in [2.24, 2.45) is 0 Å². The minimum absolute atomic E-state index is 0.0684. The second-order valence-electron chi connectivity index (χ2n) is 2.80. The fraction of sp³-hybridized carbons (Fsp3) is 0.375. The molecule has 0 atom stereocenters. The molecular weight excluding hydrogens is 238 g/mol. The first-order valence-corrected chi connectivity index (χ1v) is 4.67. The third kappa shape index (κ3) is 1.92. The zero-order valence-corrected chi connectivity index (χ0v) is 8.33. The molecule has 1 aliphatic rings. The molecule has 0 unspecified atom stereocenters. The van der Waals surface area contributed by atoms with Crippen LogP contribution >= 0.6 is 15.9 Å². The number of rotatable bonds is 2. The predicted molar refractivity (Wildman–Crippen MR) is 48.5 cm³/mol. The van der Waals surface area contributed by atoms with Crippen molar-refractivity contribution in [1.29, 1.82) is 0 Å². The standard InChI is InChI=1S/C8H8BrNO3/c9-7-1-5(2-10-7)8(11)13-6-3-12-4-6/h1-2,6,10H,3-4H2. The van der Waals surface area contributed by atoms with Crippen molar-refractivity contribution in [3.8, 4) is 0 Å². The Kier molecular flexibility index (Phi) is 2.37. The van der Waals surface area contributed by atoms with Gasteiger partial charge in [-0.2, -0.15) is 0 Å². The highest BCUT2D eigenvalue weighted by Crippen LogP contribution is 2.13. The van der Waals surface area contributed by atoms with Gasteiger partial charge in [0.1, 0.15) is 6.10 Å². The first-order chi connectivity index (χ1) is 6.25. The molecule has 0 amide bonds. The highest BCUT2D eigenvalue weighted by atomic mass is 79.9. The number of hydrogen-bond donors (Lipinski definition) is 1. The lowest BCUT2D eigenvalue weighted by Gasteiger charge is -2.25. The molecule has 0 bridgehead atoms. The number of aromatic nitrogens is 1. The van der Waals surface area contributed by atoms with Crippen molar-refractivity contribution in [2.75, 3.05) is 13.2 Å². The summed E-state index contributed by atoms with van der Waals surface area (Å²) in [6.07, 6.45) is 1.53. The molecule has 0 radical (unpaired) electrons. The maximum atomic E-state index is 11.3. The fourth-order valence-corrected chi connectivity index (χ4v) is 1.35. The summed E-state index contributed by atoms with van der Waals surface area (Å²) in [7, 11) is 0. The molecular formula is C8H8BrNO3. The lowest BCUT2D eigenvalue weighted by Crippen LogP contribution is -2.37. The van der Waals surface area contributed by atoms with Crippen LogP contribution in [0.1, 0.15) is 10.4 Å². The van der Waals surface area contributed by atoms with E-state index < -0.39 is 0 Å². The van der Waals surface area contributed by atoms with E-state index in [2.05, 4.69) is 20.9 Å². The number of carbonyl (C=O) groups excluding carboxylic acids is 1. The van der Waals surface area contributed by atoms with Crippen LogP contribution in [-0.2, 0) is 9.47 Å². The first kappa shape index (κ1) is 8.77. The van der Waals surface area contributed by atoms with E-state index in [1.807, 2.05) is 0 Å². The highest BCUT2D eigenvalue weighted by Gasteiger charge is 2.23. The third-order valence-electron chi connectivity index (χ3n) is 1.76. The van der Waals surface area contributed by atoms with Crippen molar-refractivity contribution < 1.29 is 14.3 Å². The Morgan fingerprint density at radius 3 is 2.92 bits per heavy atom. The SMILES string of the molecule is O=C(OC1COC1)c1c[nH]c(Br)c1. The lowest BCUT2D eigenvalue weighted by atomic mass is 10.3. The van der Waals surface area contributed by atoms with Gasteiger partial charge in [0.15, 0.2) is 0 Å². The molecule has 0 aromatic carbocycles. The molecule has 1 fully saturated rings. The maximum Gasteiger partial charge on any atom is 0.340 e. The zero-order valence-electron chi connectivity index (χ0n) is 6.75. The van der Waals surface area contributed by atoms with E-state index in [0.717, 1.165) is 4.60 Å². The van der Waals surface area contributed by atoms with E-state index in [1.54, 1.807) is 12.3 Å². The van der Waals surface area contributed by atoms with E-state index in [1.165, 1.54) is 0 Å². The number of aromatic amines is 1. The molecule has 0 saturated carbocycles. The molecule has 1 aromatic rings. The molecule has 0 spiro atoms. The van der Waals surface area contributed by atoms with E-state index in [9.17, 15) is 4.79 Å². The predicted octanol–water partition coefficient (Wildman–Crippen LogP) is 1.33. The van der Waals surface area contributed by atoms with Crippen LogP contribution in [-0.4, -0.2) is 30.3 Å². The summed E-state index contributed by atoms with van der Waals surface area (Å²) in [6.45, 7) is 1.02. The Labute approximate surface area is 83.4 Å². The van der Waals surface area contributed by atoms with Crippen molar-refractivity contribution in [2.45, 2.75) is 6.10 Å². The topological polar surface area (TPSA) is 51.3 Å². The second-order valence-corrected chi connectivity index (χ2v) is 3.66. The Balaban J connectivity index is 1.96. The van der Waals surface area contributed by atoms with Crippen LogP contribution in [0, 0.1) is 0 Å². The van der Waals surface area contributed by atoms with Crippen LogP contribution in [0.3, 0.4) is 0 Å². The zero-order chi connectivity index (χ0) is 9.26. The van der Waals surface area contributed by atoms with Crippen LogP contribution in [0.15, 0.2) is 16.9 Å². The summed E-state index contributed by atoms with van der Waals surface area (Å²) >= 11 is 3.21. The van der Waals surface area contributed by atoms with Crippen LogP contribution in [0.25, 0.3) is 0 Å². The smallest absolute Gasteiger partial charge is 0.340 e. The Morgan fingerprint density at radius 2 is 2.46 bits per heavy atom. The molecule has 1 aromatic heterocycles. The second kappa shape index (κ2) is 3.51. The maximum absolute atomic E-state index is 11.3. The summed E-state index contributed by atoms with van der Waals surface area (Å²) < 4.78 is 10.7. The van der Waals surface area contributed by atoms with Crippen LogP contribution in [0.2, 0.25) is 0 Å². The average Bonchev–Trinajstić information content (AvgIpc) is 2.44. The van der Waals surface area contributed by atoms with Gasteiger partial charge in [-0.05, 0) is 22.0 Å².